The number of benzene rings is 4. The first-order valence-electron chi connectivity index (χ1n) is 17.3. The highest BCUT2D eigenvalue weighted by Crippen LogP contribution is 2.42. The van der Waals surface area contributed by atoms with Crippen LogP contribution in [0.3, 0.4) is 0 Å². The molecule has 1 aromatic heterocycles. The summed E-state index contributed by atoms with van der Waals surface area (Å²) < 4.78 is 17.5. The first-order chi connectivity index (χ1) is 24.9. The lowest BCUT2D eigenvalue weighted by Crippen LogP contribution is -2.48. The van der Waals surface area contributed by atoms with E-state index in [4.69, 9.17) is 13.9 Å². The number of ether oxygens (including phenoxy) is 2. The van der Waals surface area contributed by atoms with Gasteiger partial charge in [-0.1, -0.05) is 84.9 Å². The maximum atomic E-state index is 14.1. The zero-order valence-electron chi connectivity index (χ0n) is 29.1. The second-order valence-electron chi connectivity index (χ2n) is 13.0. The van der Waals surface area contributed by atoms with Crippen LogP contribution in [-0.4, -0.2) is 68.2 Å². The van der Waals surface area contributed by atoms with Crippen molar-refractivity contribution in [3.05, 3.63) is 153 Å². The van der Waals surface area contributed by atoms with E-state index in [9.17, 15) is 14.4 Å². The molecule has 0 saturated carbocycles. The summed E-state index contributed by atoms with van der Waals surface area (Å²) in [6.07, 6.45) is 0. The highest BCUT2D eigenvalue weighted by atomic mass is 16.5. The van der Waals surface area contributed by atoms with Crippen LogP contribution in [0.25, 0.3) is 21.9 Å². The number of fused-ring (bicyclic) bond motifs is 2. The maximum absolute atomic E-state index is 14.1. The fourth-order valence-electron chi connectivity index (χ4n) is 7.50. The number of hydrogen-bond acceptors (Lipinski definition) is 9. The van der Waals surface area contributed by atoms with Crippen LogP contribution in [0.5, 0.6) is 0 Å². The van der Waals surface area contributed by atoms with E-state index >= 15 is 0 Å². The molecule has 1 unspecified atom stereocenters. The number of piperazine rings is 1. The van der Waals surface area contributed by atoms with Gasteiger partial charge in [-0.25, -0.2) is 9.59 Å². The molecule has 9 heteroatoms. The molecule has 5 aromatic rings. The number of carbonyl (C=O) groups is 2. The van der Waals surface area contributed by atoms with Crippen LogP contribution >= 0.6 is 0 Å². The monoisotopic (exact) mass is 683 g/mol. The molecule has 3 heterocycles. The van der Waals surface area contributed by atoms with Crippen molar-refractivity contribution in [1.29, 1.82) is 0 Å². The zero-order chi connectivity index (χ0) is 35.5. The first kappa shape index (κ1) is 34.0. The van der Waals surface area contributed by atoms with E-state index in [0.29, 0.717) is 45.4 Å². The van der Waals surface area contributed by atoms with Crippen LogP contribution in [0.4, 0.5) is 0 Å². The molecule has 1 N–H and O–H groups in total. The van der Waals surface area contributed by atoms with E-state index in [2.05, 4.69) is 63.6 Å². The number of nitrogens with zero attached hydrogens (tertiary/aromatic N) is 2. The average Bonchev–Trinajstić information content (AvgIpc) is 3.16. The minimum atomic E-state index is -0.893. The lowest BCUT2D eigenvalue weighted by molar-refractivity contribution is -0.140. The molecule has 0 spiro atoms. The molecule has 0 radical (unpaired) electrons. The number of carbonyl (C=O) groups excluding carboxylic acids is 2. The molecular formula is C42H41N3O6. The molecule has 1 saturated heterocycles. The minimum absolute atomic E-state index is 0.162. The minimum Gasteiger partial charge on any atom is -0.466 e. The average molecular weight is 684 g/mol. The van der Waals surface area contributed by atoms with Crippen molar-refractivity contribution < 1.29 is 23.5 Å². The van der Waals surface area contributed by atoms with Gasteiger partial charge >= 0.3 is 11.9 Å². The summed E-state index contributed by atoms with van der Waals surface area (Å²) in [7, 11) is 1.31. The SMILES string of the molecule is COC(=O)C1=C(C)NC(C)=C(C(=O)OCCN2CCN(C(c3ccccc3)c3ccccc3)CC2)C1c1cccc2c(=O)c3ccccc3oc12. The van der Waals surface area contributed by atoms with Gasteiger partial charge in [0.05, 0.1) is 41.0 Å². The van der Waals surface area contributed by atoms with Gasteiger partial charge in [0.15, 0.2) is 0 Å². The number of allylic oxidation sites excluding steroid dienone is 2. The fourth-order valence-corrected chi connectivity index (χ4v) is 7.50. The van der Waals surface area contributed by atoms with Gasteiger partial charge in [0, 0.05) is 49.7 Å². The summed E-state index contributed by atoms with van der Waals surface area (Å²) >= 11 is 0. The van der Waals surface area contributed by atoms with E-state index in [-0.39, 0.29) is 29.2 Å². The van der Waals surface area contributed by atoms with Crippen LogP contribution in [-0.2, 0) is 19.1 Å². The molecule has 1 fully saturated rings. The van der Waals surface area contributed by atoms with Crippen molar-refractivity contribution in [1.82, 2.24) is 15.1 Å². The second kappa shape index (κ2) is 14.8. The van der Waals surface area contributed by atoms with E-state index in [1.54, 1.807) is 56.3 Å². The van der Waals surface area contributed by atoms with Gasteiger partial charge in [-0.3, -0.25) is 14.6 Å². The Bertz CT molecular complexity index is 2160. The third-order valence-corrected chi connectivity index (χ3v) is 9.97. The third kappa shape index (κ3) is 6.70. The number of methoxy groups -OCH3 is 1. The highest BCUT2D eigenvalue weighted by molar-refractivity contribution is 6.02. The topological polar surface area (TPSA) is 101 Å². The Morgan fingerprint density at radius 1 is 0.765 bits per heavy atom. The van der Waals surface area contributed by atoms with Crippen LogP contribution in [0.2, 0.25) is 0 Å². The number of hydrogen-bond donors (Lipinski definition) is 1. The van der Waals surface area contributed by atoms with Gasteiger partial charge in [0.2, 0.25) is 5.43 Å². The molecular weight excluding hydrogens is 642 g/mol. The van der Waals surface area contributed by atoms with Gasteiger partial charge in [0.25, 0.3) is 0 Å². The molecule has 0 aliphatic carbocycles. The Morgan fingerprint density at radius 2 is 1.35 bits per heavy atom. The Hall–Kier alpha value is -5.51. The number of rotatable bonds is 9. The van der Waals surface area contributed by atoms with E-state index in [0.717, 1.165) is 26.2 Å². The molecule has 0 bridgehead atoms. The number of dihydropyridines is 1. The molecule has 7 rings (SSSR count). The van der Waals surface area contributed by atoms with Crippen molar-refractivity contribution in [2.45, 2.75) is 25.8 Å². The summed E-state index contributed by atoms with van der Waals surface area (Å²) in [5.41, 5.74) is 5.18. The fraction of sp³-hybridized carbons (Fsp3) is 0.262. The van der Waals surface area contributed by atoms with Gasteiger partial charge in [-0.15, -0.1) is 0 Å². The van der Waals surface area contributed by atoms with E-state index in [1.807, 2.05) is 12.1 Å². The quantitative estimate of drug-likeness (QED) is 0.142. The molecule has 2 aliphatic heterocycles. The summed E-state index contributed by atoms with van der Waals surface area (Å²) in [6, 6.07) is 33.6. The Morgan fingerprint density at radius 3 is 2.00 bits per heavy atom. The van der Waals surface area contributed by atoms with Gasteiger partial charge in [-0.05, 0) is 43.2 Å². The predicted molar refractivity (Wildman–Crippen MR) is 197 cm³/mol. The summed E-state index contributed by atoms with van der Waals surface area (Å²) in [5, 5.41) is 4.01. The molecule has 9 nitrogen and oxygen atoms in total. The predicted octanol–water partition coefficient (Wildman–Crippen LogP) is 6.30. The Balaban J connectivity index is 1.10. The van der Waals surface area contributed by atoms with E-state index in [1.165, 1.54) is 18.2 Å². The molecule has 1 atom stereocenters. The lowest BCUT2D eigenvalue weighted by atomic mass is 9.79. The molecule has 51 heavy (non-hydrogen) atoms. The highest BCUT2D eigenvalue weighted by Gasteiger charge is 2.39. The molecule has 4 aromatic carbocycles. The van der Waals surface area contributed by atoms with Crippen molar-refractivity contribution in [2.24, 2.45) is 0 Å². The largest absolute Gasteiger partial charge is 0.466 e. The van der Waals surface area contributed by atoms with Crippen LogP contribution < -0.4 is 10.7 Å². The summed E-state index contributed by atoms with van der Waals surface area (Å²) in [6.45, 7) is 7.69. The van der Waals surface area contributed by atoms with Gasteiger partial charge in [0.1, 0.15) is 17.8 Å². The summed E-state index contributed by atoms with van der Waals surface area (Å²) in [4.78, 5) is 45.7. The third-order valence-electron chi connectivity index (χ3n) is 9.97. The van der Waals surface area contributed by atoms with Crippen LogP contribution in [0.1, 0.15) is 42.5 Å². The number of esters is 2. The smallest absolute Gasteiger partial charge is 0.336 e. The number of nitrogens with one attached hydrogen (secondary N) is 1. The van der Waals surface area contributed by atoms with Crippen molar-refractivity contribution in [3.8, 4) is 0 Å². The van der Waals surface area contributed by atoms with E-state index < -0.39 is 17.9 Å². The van der Waals surface area contributed by atoms with Crippen molar-refractivity contribution >= 4 is 33.9 Å². The van der Waals surface area contributed by atoms with Gasteiger partial charge in [-0.2, -0.15) is 0 Å². The second-order valence-corrected chi connectivity index (χ2v) is 13.0. The molecule has 0 amide bonds. The zero-order valence-corrected chi connectivity index (χ0v) is 29.1. The summed E-state index contributed by atoms with van der Waals surface area (Å²) in [5.74, 6) is -2.04. The molecule has 2 aliphatic rings. The lowest BCUT2D eigenvalue weighted by Gasteiger charge is -2.39. The normalized spacial score (nSPS) is 17.2. The Kier molecular flexibility index (Phi) is 9.83. The van der Waals surface area contributed by atoms with Crippen molar-refractivity contribution in [2.75, 3.05) is 46.4 Å². The maximum Gasteiger partial charge on any atom is 0.336 e. The van der Waals surface area contributed by atoms with Gasteiger partial charge < -0.3 is 19.2 Å². The standard InChI is InChI=1S/C42H41N3O6/c1-27-35(41(47)49-3)37(32-18-12-19-33-39(46)31-17-10-11-20-34(31)51-40(32)33)36(28(2)43-27)42(48)50-26-25-44-21-23-45(24-22-44)38(29-13-6-4-7-14-29)30-15-8-5-9-16-30/h4-20,37-38,43H,21-26H2,1-3H3. The van der Waals surface area contributed by atoms with Crippen LogP contribution in [0.15, 0.2) is 135 Å². The Labute approximate surface area is 296 Å². The van der Waals surface area contributed by atoms with Crippen LogP contribution in [0, 0.1) is 0 Å². The molecule has 260 valence electrons. The first-order valence-corrected chi connectivity index (χ1v) is 17.3. The van der Waals surface area contributed by atoms with Crippen molar-refractivity contribution in [3.63, 3.8) is 0 Å². The number of para-hydroxylation sites is 2.